The molecule has 0 aromatic carbocycles. The fraction of sp³-hybridized carbons (Fsp3) is 0.895. The van der Waals surface area contributed by atoms with Gasteiger partial charge in [0.1, 0.15) is 0 Å². The van der Waals surface area contributed by atoms with Gasteiger partial charge in [-0.05, 0) is 50.1 Å². The first kappa shape index (κ1) is 19.7. The van der Waals surface area contributed by atoms with Crippen LogP contribution >= 0.6 is 0 Å². The number of unbranched alkanes of at least 4 members (excludes halogenated alkanes) is 1. The third-order valence-electron chi connectivity index (χ3n) is 5.26. The van der Waals surface area contributed by atoms with E-state index in [2.05, 4.69) is 59.2 Å². The van der Waals surface area contributed by atoms with Crippen LogP contribution in [-0.4, -0.2) is 25.0 Å². The maximum atomic E-state index is 3.86. The number of nitrogens with zero attached hydrogens (tertiary/aromatic N) is 1. The van der Waals surface area contributed by atoms with Crippen molar-refractivity contribution in [3.63, 3.8) is 0 Å². The van der Waals surface area contributed by atoms with E-state index < -0.39 is 0 Å². The SMILES string of the molecule is C=CC(C)CCCCN(C)CC(C)(CC)C(CC)CC. The number of hydrogen-bond donors (Lipinski definition) is 0. The summed E-state index contributed by atoms with van der Waals surface area (Å²) in [6, 6.07) is 0. The van der Waals surface area contributed by atoms with Gasteiger partial charge < -0.3 is 4.90 Å². The Bertz CT molecular complexity index is 244. The van der Waals surface area contributed by atoms with E-state index in [-0.39, 0.29) is 0 Å². The third kappa shape index (κ3) is 6.92. The van der Waals surface area contributed by atoms with Crippen LogP contribution < -0.4 is 0 Å². The predicted octanol–water partition coefficient (Wildman–Crippen LogP) is 5.76. The molecule has 0 N–H and O–H groups in total. The quantitative estimate of drug-likeness (QED) is 0.324. The highest BCUT2D eigenvalue weighted by Gasteiger charge is 2.31. The molecule has 0 aliphatic rings. The second kappa shape index (κ2) is 10.4. The van der Waals surface area contributed by atoms with Gasteiger partial charge in [0, 0.05) is 6.54 Å². The molecule has 0 spiro atoms. The Kier molecular flexibility index (Phi) is 10.3. The molecule has 0 fully saturated rings. The maximum absolute atomic E-state index is 3.86. The van der Waals surface area contributed by atoms with Gasteiger partial charge >= 0.3 is 0 Å². The molecular weight excluding hydrogens is 242 g/mol. The lowest BCUT2D eigenvalue weighted by atomic mass is 9.72. The summed E-state index contributed by atoms with van der Waals surface area (Å²) in [4.78, 5) is 2.56. The van der Waals surface area contributed by atoms with E-state index in [4.69, 9.17) is 0 Å². The average molecular weight is 282 g/mol. The smallest absolute Gasteiger partial charge is 0.00348 e. The van der Waals surface area contributed by atoms with E-state index in [0.29, 0.717) is 11.3 Å². The number of hydrogen-bond acceptors (Lipinski definition) is 1. The zero-order chi connectivity index (χ0) is 15.6. The highest BCUT2D eigenvalue weighted by atomic mass is 15.1. The van der Waals surface area contributed by atoms with Crippen molar-refractivity contribution >= 4 is 0 Å². The second-order valence-electron chi connectivity index (χ2n) is 6.97. The molecule has 2 atom stereocenters. The van der Waals surface area contributed by atoms with E-state index in [0.717, 1.165) is 5.92 Å². The summed E-state index contributed by atoms with van der Waals surface area (Å²) < 4.78 is 0. The van der Waals surface area contributed by atoms with Gasteiger partial charge in [-0.2, -0.15) is 0 Å². The molecule has 0 aliphatic carbocycles. The summed E-state index contributed by atoms with van der Waals surface area (Å²) in [5, 5.41) is 0. The van der Waals surface area contributed by atoms with Gasteiger partial charge in [0.15, 0.2) is 0 Å². The lowest BCUT2D eigenvalue weighted by Crippen LogP contribution is -2.38. The molecule has 0 heterocycles. The molecule has 0 saturated carbocycles. The predicted molar refractivity (Wildman–Crippen MR) is 93.2 cm³/mol. The Morgan fingerprint density at radius 3 is 2.20 bits per heavy atom. The molecule has 1 nitrogen and oxygen atoms in total. The summed E-state index contributed by atoms with van der Waals surface area (Å²) in [6.07, 6.45) is 9.91. The van der Waals surface area contributed by atoms with Crippen molar-refractivity contribution in [2.24, 2.45) is 17.3 Å². The van der Waals surface area contributed by atoms with Crippen LogP contribution in [0.15, 0.2) is 12.7 Å². The first-order chi connectivity index (χ1) is 9.43. The summed E-state index contributed by atoms with van der Waals surface area (Å²) in [5.41, 5.74) is 0.479. The Balaban J connectivity index is 4.14. The zero-order valence-corrected chi connectivity index (χ0v) is 15.0. The minimum atomic E-state index is 0.479. The summed E-state index contributed by atoms with van der Waals surface area (Å²) >= 11 is 0. The fourth-order valence-electron chi connectivity index (χ4n) is 3.47. The molecule has 0 bridgehead atoms. The molecule has 0 amide bonds. The van der Waals surface area contributed by atoms with Crippen LogP contribution in [0.3, 0.4) is 0 Å². The Morgan fingerprint density at radius 1 is 1.15 bits per heavy atom. The first-order valence-corrected chi connectivity index (χ1v) is 8.74. The fourth-order valence-corrected chi connectivity index (χ4v) is 3.47. The molecule has 20 heavy (non-hydrogen) atoms. The molecule has 0 aliphatic heterocycles. The Hall–Kier alpha value is -0.300. The average Bonchev–Trinajstić information content (AvgIpc) is 2.44. The van der Waals surface area contributed by atoms with Gasteiger partial charge in [0.2, 0.25) is 0 Å². The number of rotatable bonds is 12. The molecule has 0 saturated heterocycles. The highest BCUT2D eigenvalue weighted by Crippen LogP contribution is 2.36. The number of allylic oxidation sites excluding steroid dienone is 1. The first-order valence-electron chi connectivity index (χ1n) is 8.74. The molecule has 2 unspecified atom stereocenters. The van der Waals surface area contributed by atoms with E-state index in [1.165, 1.54) is 51.6 Å². The van der Waals surface area contributed by atoms with Crippen molar-refractivity contribution < 1.29 is 0 Å². The van der Waals surface area contributed by atoms with Crippen LogP contribution in [-0.2, 0) is 0 Å². The summed E-state index contributed by atoms with van der Waals surface area (Å²) in [7, 11) is 2.30. The molecule has 0 aromatic heterocycles. The summed E-state index contributed by atoms with van der Waals surface area (Å²) in [5.74, 6) is 1.53. The second-order valence-corrected chi connectivity index (χ2v) is 6.97. The molecular formula is C19H39N. The van der Waals surface area contributed by atoms with Crippen molar-refractivity contribution in [1.29, 1.82) is 0 Å². The van der Waals surface area contributed by atoms with Crippen LogP contribution in [0.2, 0.25) is 0 Å². The van der Waals surface area contributed by atoms with Gasteiger partial charge in [0.25, 0.3) is 0 Å². The van der Waals surface area contributed by atoms with Gasteiger partial charge in [-0.1, -0.05) is 60.0 Å². The van der Waals surface area contributed by atoms with E-state index in [1.54, 1.807) is 0 Å². The van der Waals surface area contributed by atoms with Crippen LogP contribution in [0.4, 0.5) is 0 Å². The van der Waals surface area contributed by atoms with Gasteiger partial charge in [-0.25, -0.2) is 0 Å². The van der Waals surface area contributed by atoms with Crippen molar-refractivity contribution in [2.45, 2.75) is 73.1 Å². The summed E-state index contributed by atoms with van der Waals surface area (Å²) in [6.45, 7) is 18.1. The lowest BCUT2D eigenvalue weighted by molar-refractivity contribution is 0.103. The normalized spacial score (nSPS) is 16.4. The highest BCUT2D eigenvalue weighted by molar-refractivity contribution is 4.83. The minimum Gasteiger partial charge on any atom is -0.306 e. The maximum Gasteiger partial charge on any atom is 0.00348 e. The van der Waals surface area contributed by atoms with Crippen LogP contribution in [0.5, 0.6) is 0 Å². The minimum absolute atomic E-state index is 0.479. The van der Waals surface area contributed by atoms with Crippen LogP contribution in [0.1, 0.15) is 73.1 Å². The molecule has 120 valence electrons. The monoisotopic (exact) mass is 281 g/mol. The molecule has 0 aromatic rings. The molecule has 1 heteroatoms. The lowest BCUT2D eigenvalue weighted by Gasteiger charge is -2.39. The van der Waals surface area contributed by atoms with E-state index in [9.17, 15) is 0 Å². The topological polar surface area (TPSA) is 3.24 Å². The van der Waals surface area contributed by atoms with Crippen LogP contribution in [0, 0.1) is 17.3 Å². The van der Waals surface area contributed by atoms with Crippen molar-refractivity contribution in [2.75, 3.05) is 20.1 Å². The van der Waals surface area contributed by atoms with Gasteiger partial charge in [-0.15, -0.1) is 6.58 Å². The molecule has 0 radical (unpaired) electrons. The van der Waals surface area contributed by atoms with Gasteiger partial charge in [0.05, 0.1) is 0 Å². The Labute approximate surface area is 128 Å². The van der Waals surface area contributed by atoms with Crippen molar-refractivity contribution in [3.05, 3.63) is 12.7 Å². The van der Waals surface area contributed by atoms with Crippen LogP contribution in [0.25, 0.3) is 0 Å². The largest absolute Gasteiger partial charge is 0.306 e. The standard InChI is InChI=1S/C19H39N/c1-8-17(5)14-12-13-15-20(7)16-19(6,11-4)18(9-2)10-3/h8,17-18H,1,9-16H2,2-7H3. The van der Waals surface area contributed by atoms with Gasteiger partial charge in [-0.3, -0.25) is 0 Å². The third-order valence-corrected chi connectivity index (χ3v) is 5.26. The van der Waals surface area contributed by atoms with Crippen molar-refractivity contribution in [1.82, 2.24) is 4.90 Å². The van der Waals surface area contributed by atoms with E-state index in [1.807, 2.05) is 0 Å². The van der Waals surface area contributed by atoms with Crippen molar-refractivity contribution in [3.8, 4) is 0 Å². The Morgan fingerprint density at radius 2 is 1.75 bits per heavy atom. The molecule has 0 rings (SSSR count). The van der Waals surface area contributed by atoms with E-state index >= 15 is 0 Å². The zero-order valence-electron chi connectivity index (χ0n) is 15.0.